The van der Waals surface area contributed by atoms with Gasteiger partial charge in [0.05, 0.1) is 10.6 Å². The second-order valence-electron chi connectivity index (χ2n) is 4.61. The third-order valence-electron chi connectivity index (χ3n) is 3.30. The molecule has 0 aliphatic carbocycles. The number of halogens is 1. The summed E-state index contributed by atoms with van der Waals surface area (Å²) in [5, 5.41) is 0.579. The number of anilines is 1. The fourth-order valence-corrected chi connectivity index (χ4v) is 2.24. The van der Waals surface area contributed by atoms with Gasteiger partial charge in [0.1, 0.15) is 5.52 Å². The van der Waals surface area contributed by atoms with Crippen LogP contribution in [0.5, 0.6) is 0 Å². The summed E-state index contributed by atoms with van der Waals surface area (Å²) in [7, 11) is 0. The Morgan fingerprint density at radius 3 is 2.74 bits per heavy atom. The quantitative estimate of drug-likeness (QED) is 0.670. The van der Waals surface area contributed by atoms with Crippen LogP contribution in [0.2, 0.25) is 5.02 Å². The second-order valence-corrected chi connectivity index (χ2v) is 5.02. The highest BCUT2D eigenvalue weighted by Gasteiger charge is 2.14. The van der Waals surface area contributed by atoms with Crippen molar-refractivity contribution in [3.63, 3.8) is 0 Å². The number of fused-ring (bicyclic) bond motifs is 1. The van der Waals surface area contributed by atoms with Gasteiger partial charge in [-0.05, 0) is 49.2 Å². The van der Waals surface area contributed by atoms with Crippen molar-refractivity contribution in [1.82, 2.24) is 4.98 Å². The Hall–Kier alpha value is -2.00. The number of benzene rings is 2. The van der Waals surface area contributed by atoms with Gasteiger partial charge in [0, 0.05) is 5.69 Å². The van der Waals surface area contributed by atoms with Crippen molar-refractivity contribution in [3.8, 4) is 11.5 Å². The highest BCUT2D eigenvalue weighted by molar-refractivity contribution is 6.33. The molecule has 3 aromatic rings. The van der Waals surface area contributed by atoms with E-state index >= 15 is 0 Å². The summed E-state index contributed by atoms with van der Waals surface area (Å²) >= 11 is 6.17. The fourth-order valence-electron chi connectivity index (χ4n) is 2.04. The van der Waals surface area contributed by atoms with Gasteiger partial charge in [0.15, 0.2) is 5.58 Å². The number of nitrogens with two attached hydrogens (primary N) is 1. The summed E-state index contributed by atoms with van der Waals surface area (Å²) in [6.07, 6.45) is 0. The summed E-state index contributed by atoms with van der Waals surface area (Å²) < 4.78 is 5.85. The second kappa shape index (κ2) is 4.28. The molecule has 0 radical (unpaired) electrons. The zero-order chi connectivity index (χ0) is 13.6. The summed E-state index contributed by atoms with van der Waals surface area (Å²) in [6.45, 7) is 4.07. The lowest BCUT2D eigenvalue weighted by atomic mass is 10.1. The molecule has 0 saturated heterocycles. The summed E-state index contributed by atoms with van der Waals surface area (Å²) in [5.41, 5.74) is 11.0. The molecule has 19 heavy (non-hydrogen) atoms. The maximum absolute atomic E-state index is 6.17. The summed E-state index contributed by atoms with van der Waals surface area (Å²) in [6, 6.07) is 9.26. The number of hydrogen-bond donors (Lipinski definition) is 1. The highest BCUT2D eigenvalue weighted by atomic mass is 35.5. The molecule has 0 aliphatic rings. The van der Waals surface area contributed by atoms with Crippen molar-refractivity contribution in [1.29, 1.82) is 0 Å². The van der Waals surface area contributed by atoms with Crippen molar-refractivity contribution < 1.29 is 4.42 Å². The molecule has 1 heterocycles. The average molecular weight is 273 g/mol. The Bertz CT molecular complexity index is 777. The topological polar surface area (TPSA) is 52.0 Å². The maximum Gasteiger partial charge on any atom is 0.228 e. The average Bonchev–Trinajstić information content (AvgIpc) is 2.81. The van der Waals surface area contributed by atoms with Gasteiger partial charge in [0.25, 0.3) is 0 Å². The van der Waals surface area contributed by atoms with Crippen LogP contribution >= 0.6 is 11.6 Å². The third-order valence-corrected chi connectivity index (χ3v) is 3.63. The van der Waals surface area contributed by atoms with Crippen LogP contribution in [0, 0.1) is 13.8 Å². The van der Waals surface area contributed by atoms with Crippen LogP contribution in [0.25, 0.3) is 22.6 Å². The minimum Gasteiger partial charge on any atom is -0.436 e. The van der Waals surface area contributed by atoms with Gasteiger partial charge in [-0.3, -0.25) is 0 Å². The van der Waals surface area contributed by atoms with E-state index < -0.39 is 0 Å². The number of hydrogen-bond acceptors (Lipinski definition) is 3. The van der Waals surface area contributed by atoms with Crippen LogP contribution in [0.3, 0.4) is 0 Å². The maximum atomic E-state index is 6.17. The van der Waals surface area contributed by atoms with Gasteiger partial charge >= 0.3 is 0 Å². The van der Waals surface area contributed by atoms with E-state index in [2.05, 4.69) is 4.98 Å². The molecule has 3 nitrogen and oxygen atoms in total. The molecule has 0 saturated carbocycles. The first-order chi connectivity index (χ1) is 9.06. The lowest BCUT2D eigenvalue weighted by Crippen LogP contribution is -1.86. The van der Waals surface area contributed by atoms with Gasteiger partial charge in [-0.1, -0.05) is 17.7 Å². The molecular formula is C15H13ClN2O. The minimum absolute atomic E-state index is 0.501. The molecule has 3 rings (SSSR count). The standard InChI is InChI=1S/C15H13ClN2O/c1-8-3-6-13-14(9(8)2)19-15(18-13)11-7-10(17)4-5-12(11)16/h3-7H,17H2,1-2H3. The molecule has 1 aromatic heterocycles. The SMILES string of the molecule is Cc1ccc2nc(-c3cc(N)ccc3Cl)oc2c1C. The first kappa shape index (κ1) is 12.1. The fraction of sp³-hybridized carbons (Fsp3) is 0.133. The highest BCUT2D eigenvalue weighted by Crippen LogP contribution is 2.32. The van der Waals surface area contributed by atoms with E-state index in [1.165, 1.54) is 5.56 Å². The Morgan fingerprint density at radius 1 is 1.16 bits per heavy atom. The van der Waals surface area contributed by atoms with E-state index in [0.717, 1.165) is 22.2 Å². The number of rotatable bonds is 1. The number of aryl methyl sites for hydroxylation is 2. The van der Waals surface area contributed by atoms with Gasteiger partial charge in [-0.2, -0.15) is 0 Å². The molecule has 0 amide bonds. The van der Waals surface area contributed by atoms with Gasteiger partial charge in [0.2, 0.25) is 5.89 Å². The predicted molar refractivity (Wildman–Crippen MR) is 78.3 cm³/mol. The van der Waals surface area contributed by atoms with Crippen LogP contribution in [0.1, 0.15) is 11.1 Å². The molecular weight excluding hydrogens is 260 g/mol. The smallest absolute Gasteiger partial charge is 0.228 e. The van der Waals surface area contributed by atoms with E-state index in [4.69, 9.17) is 21.8 Å². The Labute approximate surface area is 116 Å². The summed E-state index contributed by atoms with van der Waals surface area (Å²) in [5.74, 6) is 0.501. The third kappa shape index (κ3) is 1.96. The van der Waals surface area contributed by atoms with Gasteiger partial charge in [-0.25, -0.2) is 4.98 Å². The van der Waals surface area contributed by atoms with Crippen molar-refractivity contribution in [2.45, 2.75) is 13.8 Å². The van der Waals surface area contributed by atoms with E-state index in [-0.39, 0.29) is 0 Å². The largest absolute Gasteiger partial charge is 0.436 e. The molecule has 0 spiro atoms. The van der Waals surface area contributed by atoms with Gasteiger partial charge < -0.3 is 10.2 Å². The zero-order valence-corrected chi connectivity index (χ0v) is 11.5. The van der Waals surface area contributed by atoms with E-state index in [9.17, 15) is 0 Å². The number of oxazole rings is 1. The van der Waals surface area contributed by atoms with Crippen LogP contribution < -0.4 is 5.73 Å². The molecule has 0 aliphatic heterocycles. The Morgan fingerprint density at radius 2 is 1.95 bits per heavy atom. The predicted octanol–water partition coefficient (Wildman–Crippen LogP) is 4.35. The molecule has 96 valence electrons. The van der Waals surface area contributed by atoms with Crippen molar-refractivity contribution >= 4 is 28.4 Å². The van der Waals surface area contributed by atoms with Crippen molar-refractivity contribution in [3.05, 3.63) is 46.5 Å². The molecule has 0 fully saturated rings. The molecule has 2 aromatic carbocycles. The molecule has 0 unspecified atom stereocenters. The van der Waals surface area contributed by atoms with Crippen LogP contribution in [0.15, 0.2) is 34.7 Å². The number of aromatic nitrogens is 1. The van der Waals surface area contributed by atoms with E-state index in [1.54, 1.807) is 18.2 Å². The lowest BCUT2D eigenvalue weighted by Gasteiger charge is -2.00. The van der Waals surface area contributed by atoms with Crippen LogP contribution in [0.4, 0.5) is 5.69 Å². The lowest BCUT2D eigenvalue weighted by molar-refractivity contribution is 0.617. The number of nitrogen functional groups attached to an aromatic ring is 1. The van der Waals surface area contributed by atoms with E-state index in [0.29, 0.717) is 16.6 Å². The molecule has 4 heteroatoms. The number of nitrogens with zero attached hydrogens (tertiary/aromatic N) is 1. The Balaban J connectivity index is 2.26. The monoisotopic (exact) mass is 272 g/mol. The molecule has 0 bridgehead atoms. The van der Waals surface area contributed by atoms with Crippen molar-refractivity contribution in [2.75, 3.05) is 5.73 Å². The zero-order valence-electron chi connectivity index (χ0n) is 10.7. The normalized spacial score (nSPS) is 11.1. The first-order valence-electron chi connectivity index (χ1n) is 5.98. The van der Waals surface area contributed by atoms with Crippen LogP contribution in [-0.2, 0) is 0 Å². The Kier molecular flexibility index (Phi) is 2.72. The van der Waals surface area contributed by atoms with Crippen LogP contribution in [-0.4, -0.2) is 4.98 Å². The first-order valence-corrected chi connectivity index (χ1v) is 6.36. The molecule has 2 N–H and O–H groups in total. The van der Waals surface area contributed by atoms with E-state index in [1.807, 2.05) is 26.0 Å². The minimum atomic E-state index is 0.501. The molecule has 0 atom stereocenters. The van der Waals surface area contributed by atoms with Gasteiger partial charge in [-0.15, -0.1) is 0 Å². The van der Waals surface area contributed by atoms with Crippen molar-refractivity contribution in [2.24, 2.45) is 0 Å². The summed E-state index contributed by atoms with van der Waals surface area (Å²) in [4.78, 5) is 4.48.